The Morgan fingerprint density at radius 1 is 1.53 bits per heavy atom. The third-order valence-corrected chi connectivity index (χ3v) is 3.68. The Kier molecular flexibility index (Phi) is 4.33. The summed E-state index contributed by atoms with van der Waals surface area (Å²) in [6.45, 7) is 7.48. The highest BCUT2D eigenvalue weighted by Crippen LogP contribution is 2.29. The molecule has 1 fully saturated rings. The summed E-state index contributed by atoms with van der Waals surface area (Å²) >= 11 is 0. The van der Waals surface area contributed by atoms with Crippen molar-refractivity contribution in [2.75, 3.05) is 30.3 Å². The van der Waals surface area contributed by atoms with Gasteiger partial charge in [-0.3, -0.25) is 0 Å². The molecule has 0 spiro atoms. The highest BCUT2D eigenvalue weighted by Gasteiger charge is 2.22. The molecule has 1 aromatic rings. The van der Waals surface area contributed by atoms with Crippen LogP contribution < -0.4 is 10.6 Å². The standard InChI is InChI=1S/C14H22N4O/c1-3-17(4-2)14-13(16)8-11(9-15)18(14)10-12-6-5-7-19-12/h8,12H,3-7,10,16H2,1-2H3/t12-/m1/s1. The number of nitrogen functional groups attached to an aromatic ring is 1. The maximum atomic E-state index is 9.27. The fraction of sp³-hybridized carbons (Fsp3) is 0.643. The number of nitriles is 1. The minimum Gasteiger partial charge on any atom is -0.396 e. The largest absolute Gasteiger partial charge is 0.396 e. The van der Waals surface area contributed by atoms with E-state index < -0.39 is 0 Å². The van der Waals surface area contributed by atoms with E-state index >= 15 is 0 Å². The summed E-state index contributed by atoms with van der Waals surface area (Å²) in [4.78, 5) is 2.19. The smallest absolute Gasteiger partial charge is 0.133 e. The number of nitrogens with zero attached hydrogens (tertiary/aromatic N) is 3. The monoisotopic (exact) mass is 262 g/mol. The Balaban J connectivity index is 2.34. The minimum absolute atomic E-state index is 0.202. The third kappa shape index (κ3) is 2.69. The van der Waals surface area contributed by atoms with E-state index in [1.165, 1.54) is 0 Å². The molecule has 1 aromatic heterocycles. The lowest BCUT2D eigenvalue weighted by molar-refractivity contribution is 0.0972. The molecule has 0 bridgehead atoms. The highest BCUT2D eigenvalue weighted by atomic mass is 16.5. The van der Waals surface area contributed by atoms with E-state index in [1.54, 1.807) is 6.07 Å². The van der Waals surface area contributed by atoms with E-state index in [1.807, 2.05) is 4.57 Å². The van der Waals surface area contributed by atoms with Crippen molar-refractivity contribution in [3.05, 3.63) is 11.8 Å². The summed E-state index contributed by atoms with van der Waals surface area (Å²) in [5.41, 5.74) is 7.39. The molecular formula is C14H22N4O. The normalized spacial score (nSPS) is 18.5. The van der Waals surface area contributed by atoms with Crippen LogP contribution in [0.3, 0.4) is 0 Å². The molecular weight excluding hydrogens is 240 g/mol. The number of hydrogen-bond donors (Lipinski definition) is 1. The Hall–Kier alpha value is -1.67. The van der Waals surface area contributed by atoms with E-state index in [9.17, 15) is 5.26 Å². The van der Waals surface area contributed by atoms with Gasteiger partial charge in [-0.1, -0.05) is 0 Å². The zero-order chi connectivity index (χ0) is 13.8. The van der Waals surface area contributed by atoms with Crippen molar-refractivity contribution in [1.29, 1.82) is 5.26 Å². The van der Waals surface area contributed by atoms with Gasteiger partial charge >= 0.3 is 0 Å². The number of ether oxygens (including phenoxy) is 1. The minimum atomic E-state index is 0.202. The molecule has 0 saturated carbocycles. The van der Waals surface area contributed by atoms with Crippen molar-refractivity contribution in [3.63, 3.8) is 0 Å². The molecule has 19 heavy (non-hydrogen) atoms. The summed E-state index contributed by atoms with van der Waals surface area (Å²) in [6, 6.07) is 4.00. The van der Waals surface area contributed by atoms with Crippen LogP contribution in [-0.4, -0.2) is 30.4 Å². The van der Waals surface area contributed by atoms with Gasteiger partial charge in [0, 0.05) is 19.7 Å². The topological polar surface area (TPSA) is 67.2 Å². The van der Waals surface area contributed by atoms with E-state index in [2.05, 4.69) is 24.8 Å². The highest BCUT2D eigenvalue weighted by molar-refractivity contribution is 5.67. The Morgan fingerprint density at radius 3 is 2.79 bits per heavy atom. The van der Waals surface area contributed by atoms with Gasteiger partial charge in [0.15, 0.2) is 0 Å². The van der Waals surface area contributed by atoms with Gasteiger partial charge in [0.2, 0.25) is 0 Å². The predicted molar refractivity (Wildman–Crippen MR) is 76.1 cm³/mol. The van der Waals surface area contributed by atoms with E-state index in [0.29, 0.717) is 17.9 Å². The predicted octanol–water partition coefficient (Wildman–Crippen LogP) is 1.97. The van der Waals surface area contributed by atoms with Gasteiger partial charge in [0.05, 0.1) is 18.3 Å². The van der Waals surface area contributed by atoms with Crippen LogP contribution in [0.2, 0.25) is 0 Å². The van der Waals surface area contributed by atoms with Gasteiger partial charge in [-0.05, 0) is 32.8 Å². The zero-order valence-electron chi connectivity index (χ0n) is 11.7. The van der Waals surface area contributed by atoms with Gasteiger partial charge in [0.1, 0.15) is 17.6 Å². The summed E-state index contributed by atoms with van der Waals surface area (Å²) < 4.78 is 7.69. The lowest BCUT2D eigenvalue weighted by atomic mass is 10.2. The van der Waals surface area contributed by atoms with Gasteiger partial charge in [0.25, 0.3) is 0 Å². The second-order valence-corrected chi connectivity index (χ2v) is 4.84. The van der Waals surface area contributed by atoms with Crippen LogP contribution in [0.4, 0.5) is 11.5 Å². The van der Waals surface area contributed by atoms with Crippen molar-refractivity contribution in [2.45, 2.75) is 39.3 Å². The third-order valence-electron chi connectivity index (χ3n) is 3.68. The fourth-order valence-corrected chi connectivity index (χ4v) is 2.71. The lowest BCUT2D eigenvalue weighted by Crippen LogP contribution is -2.28. The molecule has 2 heterocycles. The quantitative estimate of drug-likeness (QED) is 0.881. The summed E-state index contributed by atoms with van der Waals surface area (Å²) in [7, 11) is 0. The van der Waals surface area contributed by atoms with Gasteiger partial charge in [-0.2, -0.15) is 5.26 Å². The van der Waals surface area contributed by atoms with E-state index in [-0.39, 0.29) is 6.10 Å². The average molecular weight is 262 g/mol. The molecule has 0 aliphatic carbocycles. The number of rotatable bonds is 5. The number of aromatic nitrogens is 1. The molecule has 1 aliphatic heterocycles. The van der Waals surface area contributed by atoms with Crippen LogP contribution >= 0.6 is 0 Å². The zero-order valence-corrected chi connectivity index (χ0v) is 11.7. The molecule has 2 N–H and O–H groups in total. The second-order valence-electron chi connectivity index (χ2n) is 4.84. The van der Waals surface area contributed by atoms with Gasteiger partial charge in [-0.25, -0.2) is 0 Å². The van der Waals surface area contributed by atoms with Gasteiger partial charge < -0.3 is 19.9 Å². The molecule has 0 unspecified atom stereocenters. The molecule has 0 amide bonds. The molecule has 5 heteroatoms. The van der Waals surface area contributed by atoms with Crippen LogP contribution in [0.1, 0.15) is 32.4 Å². The van der Waals surface area contributed by atoms with E-state index in [4.69, 9.17) is 10.5 Å². The summed E-state index contributed by atoms with van der Waals surface area (Å²) in [5, 5.41) is 9.27. The first-order valence-electron chi connectivity index (χ1n) is 6.96. The van der Waals surface area contributed by atoms with Crippen molar-refractivity contribution in [3.8, 4) is 6.07 Å². The molecule has 1 saturated heterocycles. The maximum absolute atomic E-state index is 9.27. The molecule has 1 aliphatic rings. The Labute approximate surface area is 114 Å². The summed E-state index contributed by atoms with van der Waals surface area (Å²) in [6.07, 6.45) is 2.36. The van der Waals surface area contributed by atoms with Crippen LogP contribution in [0.15, 0.2) is 6.07 Å². The summed E-state index contributed by atoms with van der Waals surface area (Å²) in [5.74, 6) is 0.956. The lowest BCUT2D eigenvalue weighted by Gasteiger charge is -2.25. The fourth-order valence-electron chi connectivity index (χ4n) is 2.71. The second kappa shape index (κ2) is 5.98. The van der Waals surface area contributed by atoms with Crippen molar-refractivity contribution < 1.29 is 4.74 Å². The average Bonchev–Trinajstić information content (AvgIpc) is 3.02. The van der Waals surface area contributed by atoms with Crippen molar-refractivity contribution >= 4 is 11.5 Å². The van der Waals surface area contributed by atoms with E-state index in [0.717, 1.165) is 38.4 Å². The molecule has 2 rings (SSSR count). The van der Waals surface area contributed by atoms with Crippen LogP contribution in [0.25, 0.3) is 0 Å². The van der Waals surface area contributed by atoms with Crippen LogP contribution in [0.5, 0.6) is 0 Å². The van der Waals surface area contributed by atoms with Crippen LogP contribution in [-0.2, 0) is 11.3 Å². The van der Waals surface area contributed by atoms with Crippen molar-refractivity contribution in [2.24, 2.45) is 0 Å². The molecule has 0 radical (unpaired) electrons. The van der Waals surface area contributed by atoms with Crippen LogP contribution in [0, 0.1) is 11.3 Å². The number of nitrogens with two attached hydrogens (primary N) is 1. The number of anilines is 2. The molecule has 1 atom stereocenters. The first kappa shape index (κ1) is 13.8. The Morgan fingerprint density at radius 2 is 2.26 bits per heavy atom. The SMILES string of the molecule is CCN(CC)c1c(N)cc(C#N)n1C[C@H]1CCCO1. The first-order valence-corrected chi connectivity index (χ1v) is 6.96. The van der Waals surface area contributed by atoms with Gasteiger partial charge in [-0.15, -0.1) is 0 Å². The first-order chi connectivity index (χ1) is 9.21. The Bertz CT molecular complexity index is 465. The molecule has 0 aromatic carbocycles. The molecule has 5 nitrogen and oxygen atoms in total. The molecule has 104 valence electrons. The van der Waals surface area contributed by atoms with Crippen molar-refractivity contribution in [1.82, 2.24) is 4.57 Å². The maximum Gasteiger partial charge on any atom is 0.133 e. The number of hydrogen-bond acceptors (Lipinski definition) is 4.